The van der Waals surface area contributed by atoms with E-state index in [9.17, 15) is 8.42 Å². The molecule has 1 unspecified atom stereocenters. The summed E-state index contributed by atoms with van der Waals surface area (Å²) in [6.45, 7) is 5.51. The van der Waals surface area contributed by atoms with Crippen LogP contribution in [0.4, 0.5) is 5.69 Å². The summed E-state index contributed by atoms with van der Waals surface area (Å²) in [5.41, 5.74) is 6.19. The number of nitrogens with one attached hydrogen (secondary N) is 1. The van der Waals surface area contributed by atoms with Gasteiger partial charge in [-0.1, -0.05) is 19.9 Å². The second-order valence-electron chi connectivity index (χ2n) is 5.21. The van der Waals surface area contributed by atoms with Gasteiger partial charge in [-0.25, -0.2) is 13.1 Å². The molecule has 0 aliphatic heterocycles. The molecular formula is C14H24N2O3S. The van der Waals surface area contributed by atoms with E-state index in [0.717, 1.165) is 5.56 Å². The first-order chi connectivity index (χ1) is 9.28. The third kappa shape index (κ3) is 3.94. The first-order valence-electron chi connectivity index (χ1n) is 6.81. The lowest BCUT2D eigenvalue weighted by Crippen LogP contribution is -2.46. The Morgan fingerprint density at radius 3 is 2.50 bits per heavy atom. The van der Waals surface area contributed by atoms with E-state index in [2.05, 4.69) is 4.72 Å². The van der Waals surface area contributed by atoms with Crippen molar-refractivity contribution in [1.29, 1.82) is 0 Å². The number of rotatable bonds is 7. The molecule has 0 bridgehead atoms. The number of aliphatic hydroxyl groups excluding tert-OH is 1. The molecule has 1 aromatic carbocycles. The highest BCUT2D eigenvalue weighted by atomic mass is 32.2. The first kappa shape index (κ1) is 16.9. The molecule has 6 heteroatoms. The first-order valence-corrected chi connectivity index (χ1v) is 8.29. The Kier molecular flexibility index (Phi) is 5.56. The molecule has 1 atom stereocenters. The standard InChI is InChI=1S/C14H24N2O3S/c1-4-11-6-7-12(15)10-13(11)20(18,19)16-14(3,5-2)8-9-17/h6-7,10,16-17H,4-5,8-9,15H2,1-3H3. The Morgan fingerprint density at radius 2 is 2.00 bits per heavy atom. The summed E-state index contributed by atoms with van der Waals surface area (Å²) in [4.78, 5) is 0.220. The topological polar surface area (TPSA) is 92.4 Å². The number of hydrogen-bond donors (Lipinski definition) is 3. The number of aliphatic hydroxyl groups is 1. The molecule has 114 valence electrons. The van der Waals surface area contributed by atoms with Gasteiger partial charge in [-0.05, 0) is 43.9 Å². The molecule has 4 N–H and O–H groups in total. The molecule has 0 fully saturated rings. The Bertz CT molecular complexity index is 558. The predicted molar refractivity (Wildman–Crippen MR) is 81.0 cm³/mol. The van der Waals surface area contributed by atoms with Gasteiger partial charge >= 0.3 is 0 Å². The fraction of sp³-hybridized carbons (Fsp3) is 0.571. The monoisotopic (exact) mass is 300 g/mol. The zero-order valence-corrected chi connectivity index (χ0v) is 13.1. The molecule has 0 amide bonds. The molecule has 0 heterocycles. The highest BCUT2D eigenvalue weighted by Gasteiger charge is 2.29. The molecule has 0 spiro atoms. The minimum Gasteiger partial charge on any atom is -0.399 e. The number of aryl methyl sites for hydroxylation is 1. The van der Waals surface area contributed by atoms with Crippen molar-refractivity contribution in [2.45, 2.75) is 50.5 Å². The second-order valence-corrected chi connectivity index (χ2v) is 6.86. The number of anilines is 1. The molecule has 0 aliphatic carbocycles. The van der Waals surface area contributed by atoms with Crippen LogP contribution in [0.3, 0.4) is 0 Å². The van der Waals surface area contributed by atoms with Crippen molar-refractivity contribution in [3.05, 3.63) is 23.8 Å². The molecule has 0 radical (unpaired) electrons. The van der Waals surface area contributed by atoms with Gasteiger partial charge in [0.25, 0.3) is 0 Å². The average Bonchev–Trinajstić information content (AvgIpc) is 2.38. The van der Waals surface area contributed by atoms with Gasteiger partial charge in [0.05, 0.1) is 4.90 Å². The van der Waals surface area contributed by atoms with Crippen LogP contribution in [0.25, 0.3) is 0 Å². The van der Waals surface area contributed by atoms with E-state index in [-0.39, 0.29) is 11.5 Å². The number of benzene rings is 1. The van der Waals surface area contributed by atoms with Crippen LogP contribution in [-0.2, 0) is 16.4 Å². The zero-order chi connectivity index (χ0) is 15.4. The molecular weight excluding hydrogens is 276 g/mol. The lowest BCUT2D eigenvalue weighted by molar-refractivity contribution is 0.233. The largest absolute Gasteiger partial charge is 0.399 e. The van der Waals surface area contributed by atoms with Crippen LogP contribution in [-0.4, -0.2) is 25.7 Å². The fourth-order valence-corrected chi connectivity index (χ4v) is 3.89. The second kappa shape index (κ2) is 6.56. The van der Waals surface area contributed by atoms with Crippen LogP contribution in [0.15, 0.2) is 23.1 Å². The SMILES string of the molecule is CCc1ccc(N)cc1S(=O)(=O)NC(C)(CC)CCO. The maximum absolute atomic E-state index is 12.6. The predicted octanol–water partition coefficient (Wildman–Crippen LogP) is 1.66. The lowest BCUT2D eigenvalue weighted by Gasteiger charge is -2.29. The van der Waals surface area contributed by atoms with Crippen LogP contribution in [0, 0.1) is 0 Å². The van der Waals surface area contributed by atoms with Gasteiger partial charge in [-0.2, -0.15) is 0 Å². The van der Waals surface area contributed by atoms with Crippen molar-refractivity contribution >= 4 is 15.7 Å². The summed E-state index contributed by atoms with van der Waals surface area (Å²) >= 11 is 0. The quantitative estimate of drug-likeness (QED) is 0.668. The van der Waals surface area contributed by atoms with E-state index in [1.807, 2.05) is 13.8 Å². The third-order valence-electron chi connectivity index (χ3n) is 3.59. The van der Waals surface area contributed by atoms with Crippen molar-refractivity contribution in [3.63, 3.8) is 0 Å². The number of hydrogen-bond acceptors (Lipinski definition) is 4. The van der Waals surface area contributed by atoms with Gasteiger partial charge in [-0.3, -0.25) is 0 Å². The maximum Gasteiger partial charge on any atom is 0.241 e. The van der Waals surface area contributed by atoms with Gasteiger partial charge in [0.1, 0.15) is 0 Å². The molecule has 0 aromatic heterocycles. The van der Waals surface area contributed by atoms with Gasteiger partial charge in [0.2, 0.25) is 10.0 Å². The van der Waals surface area contributed by atoms with Crippen molar-refractivity contribution in [1.82, 2.24) is 4.72 Å². The summed E-state index contributed by atoms with van der Waals surface area (Å²) in [5, 5.41) is 9.09. The summed E-state index contributed by atoms with van der Waals surface area (Å²) in [6.07, 6.45) is 1.57. The van der Waals surface area contributed by atoms with Gasteiger partial charge in [0, 0.05) is 17.8 Å². The summed E-state index contributed by atoms with van der Waals surface area (Å²) in [5.74, 6) is 0. The Morgan fingerprint density at radius 1 is 1.35 bits per heavy atom. The molecule has 0 saturated carbocycles. The number of sulfonamides is 1. The van der Waals surface area contributed by atoms with Crippen molar-refractivity contribution < 1.29 is 13.5 Å². The number of nitrogen functional groups attached to an aromatic ring is 1. The molecule has 1 aromatic rings. The smallest absolute Gasteiger partial charge is 0.241 e. The van der Waals surface area contributed by atoms with Crippen molar-refractivity contribution in [2.75, 3.05) is 12.3 Å². The minimum absolute atomic E-state index is 0.0651. The molecule has 1 rings (SSSR count). The summed E-state index contributed by atoms with van der Waals surface area (Å²) < 4.78 is 27.8. The van der Waals surface area contributed by atoms with Crippen LogP contribution < -0.4 is 10.5 Å². The molecule has 20 heavy (non-hydrogen) atoms. The van der Waals surface area contributed by atoms with Crippen LogP contribution in [0.2, 0.25) is 0 Å². The van der Waals surface area contributed by atoms with E-state index in [1.165, 1.54) is 6.07 Å². The summed E-state index contributed by atoms with van der Waals surface area (Å²) in [6, 6.07) is 4.92. The number of nitrogens with two attached hydrogens (primary N) is 1. The van der Waals surface area contributed by atoms with E-state index >= 15 is 0 Å². The lowest BCUT2D eigenvalue weighted by atomic mass is 9.97. The van der Waals surface area contributed by atoms with Crippen LogP contribution in [0.5, 0.6) is 0 Å². The average molecular weight is 300 g/mol. The van der Waals surface area contributed by atoms with Gasteiger partial charge in [0.15, 0.2) is 0 Å². The zero-order valence-electron chi connectivity index (χ0n) is 12.3. The minimum atomic E-state index is -3.66. The molecule has 5 nitrogen and oxygen atoms in total. The third-order valence-corrected chi connectivity index (χ3v) is 5.31. The Hall–Kier alpha value is -1.11. The summed E-state index contributed by atoms with van der Waals surface area (Å²) in [7, 11) is -3.66. The Balaban J connectivity index is 3.20. The van der Waals surface area contributed by atoms with Crippen molar-refractivity contribution in [2.24, 2.45) is 0 Å². The van der Waals surface area contributed by atoms with E-state index in [1.54, 1.807) is 19.1 Å². The van der Waals surface area contributed by atoms with Crippen molar-refractivity contribution in [3.8, 4) is 0 Å². The van der Waals surface area contributed by atoms with E-state index < -0.39 is 15.6 Å². The highest BCUT2D eigenvalue weighted by Crippen LogP contribution is 2.23. The van der Waals surface area contributed by atoms with Gasteiger partial charge in [-0.15, -0.1) is 0 Å². The molecule has 0 saturated heterocycles. The highest BCUT2D eigenvalue weighted by molar-refractivity contribution is 7.89. The van der Waals surface area contributed by atoms with Gasteiger partial charge < -0.3 is 10.8 Å². The van der Waals surface area contributed by atoms with E-state index in [0.29, 0.717) is 24.9 Å². The fourth-order valence-electron chi connectivity index (χ4n) is 2.04. The normalized spacial score (nSPS) is 15.0. The van der Waals surface area contributed by atoms with E-state index in [4.69, 9.17) is 10.8 Å². The maximum atomic E-state index is 12.6. The van der Waals surface area contributed by atoms with Crippen LogP contribution in [0.1, 0.15) is 39.2 Å². The Labute approximate surface area is 121 Å². The van der Waals surface area contributed by atoms with Crippen LogP contribution >= 0.6 is 0 Å². The molecule has 0 aliphatic rings.